The zero-order chi connectivity index (χ0) is 23.5. The van der Waals surface area contributed by atoms with Gasteiger partial charge in [-0.2, -0.15) is 0 Å². The molecule has 4 aliphatic carbocycles. The first kappa shape index (κ1) is 20.4. The number of rotatable bonds is 2. The molecule has 34 heavy (non-hydrogen) atoms. The largest absolute Gasteiger partial charge is 0.274 e. The molecule has 2 saturated carbocycles. The lowest BCUT2D eigenvalue weighted by molar-refractivity contribution is -0.166. The Kier molecular flexibility index (Phi) is 4.08. The monoisotopic (exact) mass is 492 g/mol. The maximum atomic E-state index is 13.6. The molecule has 0 aromatic heterocycles. The number of hydrogen-bond acceptors (Lipinski definition) is 4. The fraction of sp³-hybridized carbons (Fsp3) is 0.308. The number of imide groups is 2. The van der Waals surface area contributed by atoms with Crippen molar-refractivity contribution in [3.05, 3.63) is 70.7 Å². The second kappa shape index (κ2) is 6.80. The number of anilines is 2. The number of fused-ring (bicyclic) bond motifs is 1. The average Bonchev–Trinajstić information content (AvgIpc) is 3.19. The highest BCUT2D eigenvalue weighted by atomic mass is 35.5. The number of benzene rings is 2. The summed E-state index contributed by atoms with van der Waals surface area (Å²) in [5, 5.41) is 0.677. The van der Waals surface area contributed by atoms with Gasteiger partial charge in [-0.05, 0) is 47.9 Å². The second-order valence-corrected chi connectivity index (χ2v) is 10.5. The fourth-order valence-electron chi connectivity index (χ4n) is 7.34. The van der Waals surface area contributed by atoms with Crippen LogP contribution < -0.4 is 9.80 Å². The van der Waals surface area contributed by atoms with Gasteiger partial charge in [-0.15, -0.1) is 0 Å². The summed E-state index contributed by atoms with van der Waals surface area (Å²) in [6.07, 6.45) is 3.97. The van der Waals surface area contributed by atoms with Crippen LogP contribution >= 0.6 is 23.2 Å². The Morgan fingerprint density at radius 1 is 0.529 bits per heavy atom. The van der Waals surface area contributed by atoms with Gasteiger partial charge in [-0.3, -0.25) is 19.2 Å². The number of para-hydroxylation sites is 2. The minimum atomic E-state index is -0.543. The second-order valence-electron chi connectivity index (χ2n) is 9.72. The number of nitrogens with zero attached hydrogens (tertiary/aromatic N) is 2. The van der Waals surface area contributed by atoms with E-state index in [-0.39, 0.29) is 47.3 Å². The maximum Gasteiger partial charge on any atom is 0.238 e. The average molecular weight is 493 g/mol. The van der Waals surface area contributed by atoms with Crippen LogP contribution in [0.15, 0.2) is 60.7 Å². The lowest BCUT2D eigenvalue weighted by atomic mass is 9.40. The van der Waals surface area contributed by atoms with Crippen LogP contribution in [0.3, 0.4) is 0 Å². The molecular weight excluding hydrogens is 475 g/mol. The summed E-state index contributed by atoms with van der Waals surface area (Å²) in [7, 11) is 0. The van der Waals surface area contributed by atoms with Crippen molar-refractivity contribution in [2.45, 2.75) is 0 Å². The van der Waals surface area contributed by atoms with Gasteiger partial charge in [0.05, 0.1) is 45.1 Å². The van der Waals surface area contributed by atoms with Crippen molar-refractivity contribution in [3.8, 4) is 0 Å². The first-order valence-corrected chi connectivity index (χ1v) is 12.1. The molecule has 0 unspecified atom stereocenters. The van der Waals surface area contributed by atoms with Gasteiger partial charge in [-0.1, -0.05) is 59.6 Å². The molecule has 2 saturated heterocycles. The molecule has 4 fully saturated rings. The summed E-state index contributed by atoms with van der Waals surface area (Å²) in [6, 6.07) is 13.6. The van der Waals surface area contributed by atoms with E-state index in [1.165, 1.54) is 9.80 Å². The third-order valence-corrected chi connectivity index (χ3v) is 9.17. The van der Waals surface area contributed by atoms with E-state index in [1.54, 1.807) is 48.5 Å². The van der Waals surface area contributed by atoms with E-state index < -0.39 is 23.7 Å². The number of allylic oxidation sites excluding steroid dienone is 2. The van der Waals surface area contributed by atoms with Crippen LogP contribution in [0.25, 0.3) is 0 Å². The molecule has 2 bridgehead atoms. The van der Waals surface area contributed by atoms with Crippen molar-refractivity contribution in [1.29, 1.82) is 0 Å². The van der Waals surface area contributed by atoms with Gasteiger partial charge < -0.3 is 0 Å². The lowest BCUT2D eigenvalue weighted by Gasteiger charge is -2.60. The van der Waals surface area contributed by atoms with E-state index in [4.69, 9.17) is 23.2 Å². The maximum absolute atomic E-state index is 13.6. The molecular formula is C26H18Cl2N2O4. The van der Waals surface area contributed by atoms with Crippen LogP contribution in [0.1, 0.15) is 0 Å². The molecule has 6 nitrogen and oxygen atoms in total. The van der Waals surface area contributed by atoms with Gasteiger partial charge in [0.25, 0.3) is 0 Å². The van der Waals surface area contributed by atoms with Crippen molar-refractivity contribution in [2.75, 3.05) is 9.80 Å². The Bertz CT molecular complexity index is 1300. The molecule has 4 amide bonds. The Labute approximate surface area is 205 Å². The summed E-state index contributed by atoms with van der Waals surface area (Å²) < 4.78 is 0. The Hall–Kier alpha value is -2.96. The lowest BCUT2D eigenvalue weighted by Crippen LogP contribution is -2.63. The summed E-state index contributed by atoms with van der Waals surface area (Å²) in [6.45, 7) is 0. The quantitative estimate of drug-likeness (QED) is 0.469. The topological polar surface area (TPSA) is 74.8 Å². The van der Waals surface area contributed by atoms with E-state index in [1.807, 2.05) is 12.2 Å². The van der Waals surface area contributed by atoms with Crippen LogP contribution in [0.2, 0.25) is 10.0 Å². The molecule has 2 aromatic rings. The predicted molar refractivity (Wildman–Crippen MR) is 125 cm³/mol. The summed E-state index contributed by atoms with van der Waals surface area (Å²) >= 11 is 12.6. The summed E-state index contributed by atoms with van der Waals surface area (Å²) in [5.41, 5.74) is 0.778. The number of amides is 4. The Balaban J connectivity index is 1.27. The fourth-order valence-corrected chi connectivity index (χ4v) is 7.78. The van der Waals surface area contributed by atoms with Crippen molar-refractivity contribution >= 4 is 58.2 Å². The van der Waals surface area contributed by atoms with E-state index in [2.05, 4.69) is 0 Å². The predicted octanol–water partition coefficient (Wildman–Crippen LogP) is 3.97. The summed E-state index contributed by atoms with van der Waals surface area (Å²) in [5.74, 6) is -3.98. The molecule has 2 aromatic carbocycles. The van der Waals surface area contributed by atoms with E-state index in [0.717, 1.165) is 0 Å². The van der Waals surface area contributed by atoms with Crippen LogP contribution in [0.4, 0.5) is 11.4 Å². The van der Waals surface area contributed by atoms with Crippen molar-refractivity contribution in [3.63, 3.8) is 0 Å². The standard InChI is InChI=1S/C26H18Cl2N2O4/c27-13-5-1-3-7-15(13)29-23(31)19-11-9-10-12(20(19)24(29)32)18-17(11)21-22(18)26(34)30(25(21)33)16-8-4-2-6-14(16)28/h1-12,17-22H/t11-,12+,17-,18-,19+,20-,21+,22-/m0/s1. The molecule has 8 heteroatoms. The molecule has 8 rings (SSSR count). The van der Waals surface area contributed by atoms with Crippen molar-refractivity contribution < 1.29 is 19.2 Å². The SMILES string of the molecule is O=C1[C@@H]2[C@H]3C=C[C@@H]([C@@H]2C(=O)N1c1ccccc1Cl)[C@@H]1[C@@H]2C(=O)N(c4ccccc4Cl)C(=O)[C@@H]2[C@@H]31. The number of carbonyl (C=O) groups is 4. The Morgan fingerprint density at radius 3 is 1.26 bits per heavy atom. The van der Waals surface area contributed by atoms with Crippen LogP contribution in [0.5, 0.6) is 0 Å². The third-order valence-electron chi connectivity index (χ3n) is 8.53. The smallest absolute Gasteiger partial charge is 0.238 e. The third kappa shape index (κ3) is 2.28. The number of hydrogen-bond donors (Lipinski definition) is 0. The van der Waals surface area contributed by atoms with Crippen LogP contribution in [-0.2, 0) is 19.2 Å². The van der Waals surface area contributed by atoms with E-state index in [9.17, 15) is 19.2 Å². The normalized spacial score (nSPS) is 37.1. The number of carbonyl (C=O) groups excluding carboxylic acids is 4. The van der Waals surface area contributed by atoms with Crippen molar-refractivity contribution in [1.82, 2.24) is 0 Å². The highest BCUT2D eigenvalue weighted by Gasteiger charge is 2.75. The molecule has 0 spiro atoms. The van der Waals surface area contributed by atoms with Gasteiger partial charge in [0, 0.05) is 0 Å². The van der Waals surface area contributed by atoms with Crippen LogP contribution in [0, 0.1) is 47.3 Å². The first-order valence-electron chi connectivity index (χ1n) is 11.3. The molecule has 0 N–H and O–H groups in total. The molecule has 2 heterocycles. The van der Waals surface area contributed by atoms with Gasteiger partial charge in [0.2, 0.25) is 23.6 Å². The molecule has 2 aliphatic heterocycles. The molecule has 6 aliphatic rings. The first-order chi connectivity index (χ1) is 16.4. The highest BCUT2D eigenvalue weighted by molar-refractivity contribution is 6.37. The minimum Gasteiger partial charge on any atom is -0.274 e. The molecule has 170 valence electrons. The minimum absolute atomic E-state index is 0.145. The highest BCUT2D eigenvalue weighted by Crippen LogP contribution is 2.68. The van der Waals surface area contributed by atoms with Gasteiger partial charge in [0.1, 0.15) is 0 Å². The zero-order valence-electron chi connectivity index (χ0n) is 17.7. The molecule has 8 atom stereocenters. The summed E-state index contributed by atoms with van der Waals surface area (Å²) in [4.78, 5) is 56.5. The number of halogens is 2. The van der Waals surface area contributed by atoms with Gasteiger partial charge in [-0.25, -0.2) is 9.80 Å². The van der Waals surface area contributed by atoms with Crippen LogP contribution in [-0.4, -0.2) is 23.6 Å². The van der Waals surface area contributed by atoms with Gasteiger partial charge in [0.15, 0.2) is 0 Å². The zero-order valence-corrected chi connectivity index (χ0v) is 19.2. The molecule has 0 radical (unpaired) electrons. The Morgan fingerprint density at radius 2 is 0.882 bits per heavy atom. The van der Waals surface area contributed by atoms with E-state index in [0.29, 0.717) is 21.4 Å². The van der Waals surface area contributed by atoms with Crippen molar-refractivity contribution in [2.24, 2.45) is 47.3 Å². The van der Waals surface area contributed by atoms with Gasteiger partial charge >= 0.3 is 0 Å². The van der Waals surface area contributed by atoms with E-state index >= 15 is 0 Å².